The third-order valence-corrected chi connectivity index (χ3v) is 11.1. The van der Waals surface area contributed by atoms with Crippen LogP contribution >= 0.6 is 0 Å². The van der Waals surface area contributed by atoms with Gasteiger partial charge in [0.1, 0.15) is 23.3 Å². The Morgan fingerprint density at radius 3 is 2.09 bits per heavy atom. The molecular weight excluding hydrogens is 436 g/mol. The molecule has 2 saturated carbocycles. The van der Waals surface area contributed by atoms with Gasteiger partial charge in [0.05, 0.1) is 11.5 Å². The summed E-state index contributed by atoms with van der Waals surface area (Å²) in [5.74, 6) is -1.67. The van der Waals surface area contributed by atoms with Crippen LogP contribution in [0, 0.1) is 33.5 Å². The molecule has 7 heteroatoms. The van der Waals surface area contributed by atoms with Gasteiger partial charge in [-0.25, -0.2) is 0 Å². The summed E-state index contributed by atoms with van der Waals surface area (Å²) in [4.78, 5) is 52.8. The molecule has 0 amide bonds. The number of esters is 1. The van der Waals surface area contributed by atoms with Crippen LogP contribution in [0.1, 0.15) is 80.1 Å². The highest BCUT2D eigenvalue weighted by Gasteiger charge is 2.75. The number of Topliss-reactive ketones (excluding diaryl/α,β-unsaturated/α-hetero) is 3. The van der Waals surface area contributed by atoms with Gasteiger partial charge in [-0.05, 0) is 44.6 Å². The van der Waals surface area contributed by atoms with E-state index < -0.39 is 51.2 Å². The molecule has 0 aromatic heterocycles. The first-order chi connectivity index (χ1) is 15.6. The maximum Gasteiger partial charge on any atom is 0.306 e. The molecule has 34 heavy (non-hydrogen) atoms. The number of aliphatic hydroxyl groups excluding tert-OH is 2. The van der Waals surface area contributed by atoms with Crippen molar-refractivity contribution in [1.29, 1.82) is 0 Å². The van der Waals surface area contributed by atoms with Gasteiger partial charge < -0.3 is 14.9 Å². The Bertz CT molecular complexity index is 1070. The Labute approximate surface area is 200 Å². The van der Waals surface area contributed by atoms with Crippen molar-refractivity contribution < 1.29 is 34.1 Å². The molecule has 1 saturated heterocycles. The number of ether oxygens (including phenoxy) is 1. The SMILES string of the molecule is CC1(C2CC(=O)C3(C)C4=C(C(=O)C(O)C23C)C2(C)CCC(=O)C(C)(C)C2CC4O)CCC(=O)O1. The van der Waals surface area contributed by atoms with Crippen LogP contribution in [0.2, 0.25) is 0 Å². The first kappa shape index (κ1) is 23.9. The van der Waals surface area contributed by atoms with Gasteiger partial charge in [0.2, 0.25) is 0 Å². The highest BCUT2D eigenvalue weighted by molar-refractivity contribution is 6.08. The molecule has 2 N–H and O–H groups in total. The van der Waals surface area contributed by atoms with Gasteiger partial charge >= 0.3 is 5.97 Å². The number of carbonyl (C=O) groups is 4. The van der Waals surface area contributed by atoms with Crippen LogP contribution in [0.5, 0.6) is 0 Å². The van der Waals surface area contributed by atoms with Crippen molar-refractivity contribution in [3.05, 3.63) is 11.1 Å². The van der Waals surface area contributed by atoms with E-state index in [0.717, 1.165) is 0 Å². The number of carbonyl (C=O) groups excluding carboxylic acids is 4. The fourth-order valence-corrected chi connectivity index (χ4v) is 8.90. The number of cyclic esters (lactones) is 1. The average Bonchev–Trinajstić information content (AvgIpc) is 3.21. The first-order valence-electron chi connectivity index (χ1n) is 12.5. The van der Waals surface area contributed by atoms with E-state index in [2.05, 4.69) is 0 Å². The molecule has 3 fully saturated rings. The van der Waals surface area contributed by atoms with Crippen molar-refractivity contribution in [2.45, 2.75) is 97.9 Å². The van der Waals surface area contributed by atoms with E-state index in [1.807, 2.05) is 20.8 Å². The highest BCUT2D eigenvalue weighted by Crippen LogP contribution is 2.71. The molecule has 7 nitrogen and oxygen atoms in total. The lowest BCUT2D eigenvalue weighted by molar-refractivity contribution is -0.173. The molecule has 5 rings (SSSR count). The van der Waals surface area contributed by atoms with Gasteiger partial charge in [-0.2, -0.15) is 0 Å². The molecule has 0 bridgehead atoms. The molecule has 0 aromatic rings. The largest absolute Gasteiger partial charge is 0.459 e. The molecule has 0 spiro atoms. The lowest BCUT2D eigenvalue weighted by Gasteiger charge is -2.61. The van der Waals surface area contributed by atoms with Crippen LogP contribution in [0.4, 0.5) is 0 Å². The Kier molecular flexibility index (Phi) is 4.68. The summed E-state index contributed by atoms with van der Waals surface area (Å²) in [5.41, 5.74) is -4.16. The van der Waals surface area contributed by atoms with E-state index in [4.69, 9.17) is 4.74 Å². The molecule has 1 aliphatic heterocycles. The second-order valence-electron chi connectivity index (χ2n) is 12.8. The summed E-state index contributed by atoms with van der Waals surface area (Å²) in [5, 5.41) is 23.2. The molecular formula is C27H36O7. The third kappa shape index (κ3) is 2.45. The predicted molar refractivity (Wildman–Crippen MR) is 121 cm³/mol. The summed E-state index contributed by atoms with van der Waals surface area (Å²) >= 11 is 0. The van der Waals surface area contributed by atoms with E-state index in [1.54, 1.807) is 20.8 Å². The standard InChI is InChI=1S/C27H36O7/c1-23(2)14-11-13(28)19-20(24(14,3)9-7-16(23)29)21(32)22(33)26(5)15(12-17(30)27(19,26)6)25(4)10-8-18(31)34-25/h13-15,22,28,33H,7-12H2,1-6H3. The van der Waals surface area contributed by atoms with Crippen LogP contribution in [0.15, 0.2) is 11.1 Å². The maximum atomic E-state index is 14.1. The van der Waals surface area contributed by atoms with Gasteiger partial charge in [0.15, 0.2) is 5.78 Å². The molecule has 4 aliphatic carbocycles. The minimum atomic E-state index is -1.48. The van der Waals surface area contributed by atoms with Gasteiger partial charge in [-0.1, -0.05) is 27.7 Å². The van der Waals surface area contributed by atoms with Crippen LogP contribution < -0.4 is 0 Å². The second-order valence-corrected chi connectivity index (χ2v) is 12.8. The van der Waals surface area contributed by atoms with Crippen molar-refractivity contribution >= 4 is 23.3 Å². The van der Waals surface area contributed by atoms with E-state index in [9.17, 15) is 29.4 Å². The average molecular weight is 473 g/mol. The monoisotopic (exact) mass is 472 g/mol. The minimum absolute atomic E-state index is 0.0642. The van der Waals surface area contributed by atoms with Gasteiger partial charge in [0.25, 0.3) is 0 Å². The zero-order valence-corrected chi connectivity index (χ0v) is 21.0. The van der Waals surface area contributed by atoms with Crippen molar-refractivity contribution in [3.8, 4) is 0 Å². The van der Waals surface area contributed by atoms with Crippen LogP contribution in [0.3, 0.4) is 0 Å². The van der Waals surface area contributed by atoms with Crippen molar-refractivity contribution in [2.24, 2.45) is 33.5 Å². The summed E-state index contributed by atoms with van der Waals surface area (Å²) in [6.07, 6.45) is -0.785. The smallest absolute Gasteiger partial charge is 0.306 e. The Balaban J connectivity index is 1.74. The summed E-state index contributed by atoms with van der Waals surface area (Å²) in [7, 11) is 0. The molecule has 0 radical (unpaired) electrons. The van der Waals surface area contributed by atoms with E-state index >= 15 is 0 Å². The molecule has 0 aromatic carbocycles. The number of hydrogen-bond acceptors (Lipinski definition) is 7. The van der Waals surface area contributed by atoms with Crippen molar-refractivity contribution in [1.82, 2.24) is 0 Å². The minimum Gasteiger partial charge on any atom is -0.459 e. The Morgan fingerprint density at radius 2 is 1.50 bits per heavy atom. The molecule has 8 atom stereocenters. The number of fused-ring (bicyclic) bond motifs is 4. The summed E-state index contributed by atoms with van der Waals surface area (Å²) < 4.78 is 5.70. The van der Waals surface area contributed by atoms with Crippen molar-refractivity contribution in [2.75, 3.05) is 0 Å². The number of rotatable bonds is 1. The quantitative estimate of drug-likeness (QED) is 0.563. The van der Waals surface area contributed by atoms with Gasteiger partial charge in [0, 0.05) is 47.0 Å². The molecule has 5 aliphatic rings. The number of ketones is 3. The predicted octanol–water partition coefficient (Wildman–Crippen LogP) is 2.70. The first-order valence-corrected chi connectivity index (χ1v) is 12.5. The summed E-state index contributed by atoms with van der Waals surface area (Å²) in [6, 6.07) is 0. The van der Waals surface area contributed by atoms with Crippen LogP contribution in [-0.4, -0.2) is 51.3 Å². The molecule has 186 valence electrons. The lowest BCUT2D eigenvalue weighted by Crippen LogP contribution is -2.65. The van der Waals surface area contributed by atoms with E-state index in [0.29, 0.717) is 30.4 Å². The lowest BCUT2D eigenvalue weighted by atomic mass is 9.42. The van der Waals surface area contributed by atoms with Gasteiger partial charge in [-0.3, -0.25) is 19.2 Å². The zero-order chi connectivity index (χ0) is 25.2. The summed E-state index contributed by atoms with van der Waals surface area (Å²) in [6.45, 7) is 11.0. The maximum absolute atomic E-state index is 14.1. The van der Waals surface area contributed by atoms with Crippen LogP contribution in [0.25, 0.3) is 0 Å². The number of hydrogen-bond donors (Lipinski definition) is 2. The Hall–Kier alpha value is -1.86. The van der Waals surface area contributed by atoms with Gasteiger partial charge in [-0.15, -0.1) is 0 Å². The topological polar surface area (TPSA) is 118 Å². The third-order valence-electron chi connectivity index (χ3n) is 11.1. The number of aliphatic hydroxyl groups is 2. The molecule has 8 unspecified atom stereocenters. The van der Waals surface area contributed by atoms with Crippen molar-refractivity contribution in [3.63, 3.8) is 0 Å². The second kappa shape index (κ2) is 6.67. The fourth-order valence-electron chi connectivity index (χ4n) is 8.90. The Morgan fingerprint density at radius 1 is 0.853 bits per heavy atom. The highest BCUT2D eigenvalue weighted by atomic mass is 16.6. The molecule has 1 heterocycles. The van der Waals surface area contributed by atoms with E-state index in [1.165, 1.54) is 0 Å². The van der Waals surface area contributed by atoms with E-state index in [-0.39, 0.29) is 42.7 Å². The van der Waals surface area contributed by atoms with Crippen LogP contribution in [-0.2, 0) is 23.9 Å². The normalized spacial score (nSPS) is 50.1. The zero-order valence-electron chi connectivity index (χ0n) is 21.0. The fraction of sp³-hybridized carbons (Fsp3) is 0.778.